The van der Waals surface area contributed by atoms with Crippen molar-refractivity contribution in [3.05, 3.63) is 12.2 Å². The van der Waals surface area contributed by atoms with Gasteiger partial charge in [-0.25, -0.2) is 0 Å². The summed E-state index contributed by atoms with van der Waals surface area (Å²) in [5.74, 6) is 2.76. The third-order valence-corrected chi connectivity index (χ3v) is 4.65. The Hall–Kier alpha value is -0.260. The third-order valence-electron chi connectivity index (χ3n) is 4.65. The molecule has 14 heavy (non-hydrogen) atoms. The minimum absolute atomic E-state index is 0.530. The van der Waals surface area contributed by atoms with Gasteiger partial charge in [0.2, 0.25) is 0 Å². The van der Waals surface area contributed by atoms with E-state index in [1.807, 2.05) is 0 Å². The largest absolute Gasteiger partial charge is 0.0851 e. The van der Waals surface area contributed by atoms with Crippen LogP contribution in [0.2, 0.25) is 0 Å². The summed E-state index contributed by atoms with van der Waals surface area (Å²) in [4.78, 5) is 0. The van der Waals surface area contributed by atoms with Gasteiger partial charge in [0, 0.05) is 0 Å². The van der Waals surface area contributed by atoms with Crippen LogP contribution in [0.4, 0.5) is 0 Å². The van der Waals surface area contributed by atoms with E-state index < -0.39 is 0 Å². The van der Waals surface area contributed by atoms with E-state index in [2.05, 4.69) is 32.9 Å². The molecule has 0 spiro atoms. The molecule has 0 saturated heterocycles. The maximum atomic E-state index is 2.55. The molecule has 2 aliphatic carbocycles. The molecule has 0 radical (unpaired) electrons. The minimum atomic E-state index is 0.530. The van der Waals surface area contributed by atoms with Gasteiger partial charge < -0.3 is 0 Å². The lowest BCUT2D eigenvalue weighted by Gasteiger charge is -2.46. The highest BCUT2D eigenvalue weighted by molar-refractivity contribution is 5.07. The van der Waals surface area contributed by atoms with Crippen LogP contribution in [-0.2, 0) is 0 Å². The molecular formula is C14H24. The fourth-order valence-electron chi connectivity index (χ4n) is 3.32. The van der Waals surface area contributed by atoms with Gasteiger partial charge in [-0.1, -0.05) is 45.8 Å². The lowest BCUT2D eigenvalue weighted by molar-refractivity contribution is 0.0692. The molecule has 2 aliphatic rings. The second kappa shape index (κ2) is 3.72. The average molecular weight is 192 g/mol. The van der Waals surface area contributed by atoms with Crippen molar-refractivity contribution in [2.75, 3.05) is 0 Å². The number of hydrogen-bond acceptors (Lipinski definition) is 0. The second-order valence-corrected chi connectivity index (χ2v) is 5.90. The van der Waals surface area contributed by atoms with Crippen LogP contribution in [0.3, 0.4) is 0 Å². The molecule has 0 heterocycles. The van der Waals surface area contributed by atoms with Crippen LogP contribution in [-0.4, -0.2) is 0 Å². The van der Waals surface area contributed by atoms with Crippen LogP contribution in [0, 0.1) is 23.2 Å². The molecule has 4 atom stereocenters. The highest BCUT2D eigenvalue weighted by atomic mass is 14.5. The van der Waals surface area contributed by atoms with Crippen molar-refractivity contribution in [3.8, 4) is 0 Å². The van der Waals surface area contributed by atoms with Crippen molar-refractivity contribution in [1.29, 1.82) is 0 Å². The molecule has 0 heteroatoms. The van der Waals surface area contributed by atoms with Crippen molar-refractivity contribution in [1.82, 2.24) is 0 Å². The quantitative estimate of drug-likeness (QED) is 0.540. The Morgan fingerprint density at radius 3 is 2.50 bits per heavy atom. The Morgan fingerprint density at radius 1 is 1.14 bits per heavy atom. The molecule has 0 N–H and O–H groups in total. The van der Waals surface area contributed by atoms with E-state index >= 15 is 0 Å². The Balaban J connectivity index is 2.09. The Bertz CT molecular complexity index is 228. The molecule has 80 valence electrons. The molecule has 0 aromatic carbocycles. The van der Waals surface area contributed by atoms with Crippen LogP contribution in [0.5, 0.6) is 0 Å². The van der Waals surface area contributed by atoms with Crippen molar-refractivity contribution in [2.24, 2.45) is 23.2 Å². The summed E-state index contributed by atoms with van der Waals surface area (Å²) in [5, 5.41) is 0. The summed E-state index contributed by atoms with van der Waals surface area (Å²) in [6.07, 6.45) is 12.2. The SMILES string of the molecule is CC1C=CC(C)(C2CCC2C)CCC1. The van der Waals surface area contributed by atoms with E-state index in [0.717, 1.165) is 17.8 Å². The fourth-order valence-corrected chi connectivity index (χ4v) is 3.32. The fraction of sp³-hybridized carbons (Fsp3) is 0.857. The number of rotatable bonds is 1. The second-order valence-electron chi connectivity index (χ2n) is 5.90. The molecule has 0 nitrogen and oxygen atoms in total. The van der Waals surface area contributed by atoms with Crippen LogP contribution in [0.25, 0.3) is 0 Å². The van der Waals surface area contributed by atoms with Crippen LogP contribution < -0.4 is 0 Å². The molecular weight excluding hydrogens is 168 g/mol. The number of allylic oxidation sites excluding steroid dienone is 2. The Kier molecular flexibility index (Phi) is 2.72. The molecule has 0 aromatic rings. The molecule has 1 saturated carbocycles. The van der Waals surface area contributed by atoms with Gasteiger partial charge in [-0.05, 0) is 42.4 Å². The first-order valence-electron chi connectivity index (χ1n) is 6.31. The average Bonchev–Trinajstić information content (AvgIpc) is 2.27. The summed E-state index contributed by atoms with van der Waals surface area (Å²) in [7, 11) is 0. The van der Waals surface area contributed by atoms with E-state index in [1.54, 1.807) is 0 Å². The maximum Gasteiger partial charge on any atom is -0.0116 e. The van der Waals surface area contributed by atoms with Crippen molar-refractivity contribution < 1.29 is 0 Å². The van der Waals surface area contributed by atoms with Crippen LogP contribution in [0.15, 0.2) is 12.2 Å². The summed E-state index contributed by atoms with van der Waals surface area (Å²) in [6, 6.07) is 0. The van der Waals surface area contributed by atoms with Crippen molar-refractivity contribution in [3.63, 3.8) is 0 Å². The molecule has 0 aromatic heterocycles. The first-order chi connectivity index (χ1) is 6.62. The molecule has 4 unspecified atom stereocenters. The summed E-state index contributed by atoms with van der Waals surface area (Å²) in [6.45, 7) is 7.27. The van der Waals surface area contributed by atoms with Gasteiger partial charge in [0.15, 0.2) is 0 Å². The lowest BCUT2D eigenvalue weighted by atomic mass is 9.59. The third kappa shape index (κ3) is 1.76. The van der Waals surface area contributed by atoms with Crippen molar-refractivity contribution >= 4 is 0 Å². The van der Waals surface area contributed by atoms with Gasteiger partial charge in [-0.15, -0.1) is 0 Å². The minimum Gasteiger partial charge on any atom is -0.0851 e. The molecule has 0 bridgehead atoms. The van der Waals surface area contributed by atoms with Gasteiger partial charge in [-0.3, -0.25) is 0 Å². The van der Waals surface area contributed by atoms with Crippen LogP contribution in [0.1, 0.15) is 52.9 Å². The van der Waals surface area contributed by atoms with E-state index in [0.29, 0.717) is 5.41 Å². The zero-order chi connectivity index (χ0) is 10.2. The first kappa shape index (κ1) is 10.3. The first-order valence-corrected chi connectivity index (χ1v) is 6.31. The highest BCUT2D eigenvalue weighted by Crippen LogP contribution is 2.50. The molecule has 0 aliphatic heterocycles. The zero-order valence-electron chi connectivity index (χ0n) is 9.92. The molecule has 2 rings (SSSR count). The van der Waals surface area contributed by atoms with E-state index in [9.17, 15) is 0 Å². The highest BCUT2D eigenvalue weighted by Gasteiger charge is 2.40. The van der Waals surface area contributed by atoms with Gasteiger partial charge >= 0.3 is 0 Å². The standard InChI is InChI=1S/C14H24/c1-11-5-4-9-14(3,10-8-11)13-7-6-12(13)2/h8,10-13H,4-7,9H2,1-3H3. The Labute approximate surface area is 88.8 Å². The lowest BCUT2D eigenvalue weighted by Crippen LogP contribution is -2.37. The van der Waals surface area contributed by atoms with Gasteiger partial charge in [0.05, 0.1) is 0 Å². The predicted molar refractivity (Wildman–Crippen MR) is 62.2 cm³/mol. The van der Waals surface area contributed by atoms with Crippen LogP contribution >= 0.6 is 0 Å². The van der Waals surface area contributed by atoms with E-state index in [1.165, 1.54) is 32.1 Å². The Morgan fingerprint density at radius 2 is 1.93 bits per heavy atom. The van der Waals surface area contributed by atoms with Gasteiger partial charge in [-0.2, -0.15) is 0 Å². The van der Waals surface area contributed by atoms with E-state index in [-0.39, 0.29) is 0 Å². The smallest absolute Gasteiger partial charge is 0.0116 e. The monoisotopic (exact) mass is 192 g/mol. The normalized spacial score (nSPS) is 48.4. The predicted octanol–water partition coefficient (Wildman–Crippen LogP) is 4.42. The summed E-state index contributed by atoms with van der Waals surface area (Å²) < 4.78 is 0. The summed E-state index contributed by atoms with van der Waals surface area (Å²) in [5.41, 5.74) is 0.530. The van der Waals surface area contributed by atoms with Gasteiger partial charge in [0.1, 0.15) is 0 Å². The zero-order valence-corrected chi connectivity index (χ0v) is 9.92. The summed E-state index contributed by atoms with van der Waals surface area (Å²) >= 11 is 0. The number of hydrogen-bond donors (Lipinski definition) is 0. The van der Waals surface area contributed by atoms with Crippen molar-refractivity contribution in [2.45, 2.75) is 52.9 Å². The van der Waals surface area contributed by atoms with E-state index in [4.69, 9.17) is 0 Å². The maximum absolute atomic E-state index is 2.55. The molecule has 1 fully saturated rings. The molecule has 0 amide bonds. The van der Waals surface area contributed by atoms with Gasteiger partial charge in [0.25, 0.3) is 0 Å². The topological polar surface area (TPSA) is 0 Å².